The molecule has 0 amide bonds. The highest BCUT2D eigenvalue weighted by Gasteiger charge is 2.07. The maximum Gasteiger partial charge on any atom is 0.146 e. The number of ether oxygens (including phenoxy) is 1. The van der Waals surface area contributed by atoms with E-state index in [1.54, 1.807) is 13.2 Å². The summed E-state index contributed by atoms with van der Waals surface area (Å²) in [6.07, 6.45) is 1.01. The Morgan fingerprint density at radius 2 is 2.17 bits per heavy atom. The average Bonchev–Trinajstić information content (AvgIpc) is 2.35. The van der Waals surface area contributed by atoms with Crippen molar-refractivity contribution < 1.29 is 9.13 Å². The van der Waals surface area contributed by atoms with Crippen molar-refractivity contribution in [3.05, 3.63) is 29.6 Å². The summed E-state index contributed by atoms with van der Waals surface area (Å²) in [4.78, 5) is 1.94. The zero-order chi connectivity index (χ0) is 13.4. The molecular formula is C14H23FN2O. The van der Waals surface area contributed by atoms with Gasteiger partial charge in [-0.25, -0.2) is 4.39 Å². The van der Waals surface area contributed by atoms with E-state index in [1.165, 1.54) is 0 Å². The van der Waals surface area contributed by atoms with E-state index in [-0.39, 0.29) is 5.82 Å². The number of benzene rings is 1. The number of methoxy groups -OCH3 is 1. The van der Waals surface area contributed by atoms with Gasteiger partial charge in [-0.15, -0.1) is 0 Å². The summed E-state index contributed by atoms with van der Waals surface area (Å²) in [6, 6.07) is 5.41. The van der Waals surface area contributed by atoms with Crippen molar-refractivity contribution in [2.75, 3.05) is 38.8 Å². The lowest BCUT2D eigenvalue weighted by Gasteiger charge is -2.19. The van der Waals surface area contributed by atoms with Crippen LogP contribution in [-0.4, -0.2) is 33.9 Å². The summed E-state index contributed by atoms with van der Waals surface area (Å²) < 4.78 is 18.8. The third-order valence-electron chi connectivity index (χ3n) is 2.79. The predicted octanol–water partition coefficient (Wildman–Crippen LogP) is 2.41. The third kappa shape index (κ3) is 4.63. The average molecular weight is 254 g/mol. The molecule has 0 radical (unpaired) electrons. The van der Waals surface area contributed by atoms with Crippen LogP contribution in [0.5, 0.6) is 0 Å². The molecule has 0 unspecified atom stereocenters. The van der Waals surface area contributed by atoms with Crippen molar-refractivity contribution in [1.82, 2.24) is 5.32 Å². The quantitative estimate of drug-likeness (QED) is 0.721. The molecule has 0 saturated carbocycles. The van der Waals surface area contributed by atoms with E-state index in [2.05, 4.69) is 12.2 Å². The molecule has 0 saturated heterocycles. The first-order chi connectivity index (χ1) is 8.69. The zero-order valence-corrected chi connectivity index (χ0v) is 11.5. The number of hydrogen-bond acceptors (Lipinski definition) is 3. The van der Waals surface area contributed by atoms with Crippen LogP contribution in [0.4, 0.5) is 10.1 Å². The van der Waals surface area contributed by atoms with E-state index in [0.29, 0.717) is 18.8 Å². The molecule has 0 fully saturated rings. The molecule has 0 aromatic heterocycles. The molecule has 0 atom stereocenters. The van der Waals surface area contributed by atoms with Crippen LogP contribution >= 0.6 is 0 Å². The Labute approximate surface area is 109 Å². The van der Waals surface area contributed by atoms with E-state index in [1.807, 2.05) is 24.1 Å². The van der Waals surface area contributed by atoms with Gasteiger partial charge in [-0.1, -0.05) is 13.0 Å². The molecule has 4 heteroatoms. The van der Waals surface area contributed by atoms with Crippen LogP contribution in [0.25, 0.3) is 0 Å². The van der Waals surface area contributed by atoms with Gasteiger partial charge in [-0.3, -0.25) is 0 Å². The SMILES string of the molecule is CCCN(C)c1ccc(CNCCOC)cc1F. The van der Waals surface area contributed by atoms with E-state index < -0.39 is 0 Å². The Kier molecular flexibility index (Phi) is 6.68. The topological polar surface area (TPSA) is 24.5 Å². The fourth-order valence-corrected chi connectivity index (χ4v) is 1.83. The van der Waals surface area contributed by atoms with Gasteiger partial charge in [0.25, 0.3) is 0 Å². The molecule has 1 rings (SSSR count). The Morgan fingerprint density at radius 3 is 2.78 bits per heavy atom. The van der Waals surface area contributed by atoms with Gasteiger partial charge in [0, 0.05) is 33.8 Å². The molecule has 0 heterocycles. The van der Waals surface area contributed by atoms with E-state index in [0.717, 1.165) is 25.1 Å². The van der Waals surface area contributed by atoms with Gasteiger partial charge in [0.15, 0.2) is 0 Å². The van der Waals surface area contributed by atoms with Crippen molar-refractivity contribution in [2.24, 2.45) is 0 Å². The fourth-order valence-electron chi connectivity index (χ4n) is 1.83. The highest BCUT2D eigenvalue weighted by atomic mass is 19.1. The van der Waals surface area contributed by atoms with E-state index in [9.17, 15) is 4.39 Å². The zero-order valence-electron chi connectivity index (χ0n) is 11.5. The van der Waals surface area contributed by atoms with Crippen LogP contribution in [0.15, 0.2) is 18.2 Å². The minimum Gasteiger partial charge on any atom is -0.383 e. The van der Waals surface area contributed by atoms with Gasteiger partial charge >= 0.3 is 0 Å². The summed E-state index contributed by atoms with van der Waals surface area (Å²) in [5.41, 5.74) is 1.62. The van der Waals surface area contributed by atoms with Gasteiger partial charge in [0.2, 0.25) is 0 Å². The second-order valence-electron chi connectivity index (χ2n) is 4.38. The van der Waals surface area contributed by atoms with Gasteiger partial charge in [0.1, 0.15) is 5.82 Å². The molecule has 0 bridgehead atoms. The van der Waals surface area contributed by atoms with Crippen LogP contribution in [-0.2, 0) is 11.3 Å². The number of nitrogens with zero attached hydrogens (tertiary/aromatic N) is 1. The first-order valence-electron chi connectivity index (χ1n) is 6.38. The molecule has 1 N–H and O–H groups in total. The first-order valence-corrected chi connectivity index (χ1v) is 6.38. The van der Waals surface area contributed by atoms with Crippen LogP contribution < -0.4 is 10.2 Å². The van der Waals surface area contributed by atoms with E-state index >= 15 is 0 Å². The Hall–Kier alpha value is -1.13. The Morgan fingerprint density at radius 1 is 1.39 bits per heavy atom. The summed E-state index contributed by atoms with van der Waals surface area (Å²) >= 11 is 0. The maximum atomic E-state index is 13.9. The highest BCUT2D eigenvalue weighted by Crippen LogP contribution is 2.19. The van der Waals surface area contributed by atoms with Gasteiger partial charge in [0.05, 0.1) is 12.3 Å². The standard InChI is InChI=1S/C14H23FN2O/c1-4-8-17(2)14-6-5-12(10-13(14)15)11-16-7-9-18-3/h5-6,10,16H,4,7-9,11H2,1-3H3. The molecule has 1 aromatic carbocycles. The second kappa shape index (κ2) is 8.06. The minimum absolute atomic E-state index is 0.156. The number of halogens is 1. The lowest BCUT2D eigenvalue weighted by Crippen LogP contribution is -2.20. The number of rotatable bonds is 8. The number of nitrogens with one attached hydrogen (secondary N) is 1. The Balaban J connectivity index is 2.56. The molecule has 0 aliphatic rings. The molecule has 0 aliphatic carbocycles. The predicted molar refractivity (Wildman–Crippen MR) is 73.5 cm³/mol. The first kappa shape index (κ1) is 14.9. The summed E-state index contributed by atoms with van der Waals surface area (Å²) in [6.45, 7) is 5.05. The normalized spacial score (nSPS) is 10.7. The smallest absolute Gasteiger partial charge is 0.146 e. The van der Waals surface area contributed by atoms with Crippen molar-refractivity contribution in [3.8, 4) is 0 Å². The molecule has 0 spiro atoms. The summed E-state index contributed by atoms with van der Waals surface area (Å²) in [7, 11) is 3.58. The van der Waals surface area contributed by atoms with Gasteiger partial charge in [-0.2, -0.15) is 0 Å². The van der Waals surface area contributed by atoms with Crippen LogP contribution in [0.2, 0.25) is 0 Å². The summed E-state index contributed by atoms with van der Waals surface area (Å²) in [5.74, 6) is -0.156. The second-order valence-corrected chi connectivity index (χ2v) is 4.38. The van der Waals surface area contributed by atoms with Crippen molar-refractivity contribution in [3.63, 3.8) is 0 Å². The summed E-state index contributed by atoms with van der Waals surface area (Å²) in [5, 5.41) is 3.20. The Bertz CT molecular complexity index is 358. The molecular weight excluding hydrogens is 231 g/mol. The molecule has 0 aliphatic heterocycles. The van der Waals surface area contributed by atoms with Crippen molar-refractivity contribution in [2.45, 2.75) is 19.9 Å². The van der Waals surface area contributed by atoms with Crippen LogP contribution in [0.1, 0.15) is 18.9 Å². The maximum absolute atomic E-state index is 13.9. The van der Waals surface area contributed by atoms with Crippen molar-refractivity contribution >= 4 is 5.69 Å². The van der Waals surface area contributed by atoms with Crippen LogP contribution in [0.3, 0.4) is 0 Å². The monoisotopic (exact) mass is 254 g/mol. The minimum atomic E-state index is -0.156. The highest BCUT2D eigenvalue weighted by molar-refractivity contribution is 5.48. The fraction of sp³-hybridized carbons (Fsp3) is 0.571. The largest absolute Gasteiger partial charge is 0.383 e. The lowest BCUT2D eigenvalue weighted by molar-refractivity contribution is 0.199. The molecule has 18 heavy (non-hydrogen) atoms. The number of anilines is 1. The number of hydrogen-bond donors (Lipinski definition) is 1. The third-order valence-corrected chi connectivity index (χ3v) is 2.79. The van der Waals surface area contributed by atoms with Gasteiger partial charge in [-0.05, 0) is 24.1 Å². The van der Waals surface area contributed by atoms with Gasteiger partial charge < -0.3 is 15.0 Å². The van der Waals surface area contributed by atoms with Crippen LogP contribution in [0, 0.1) is 5.82 Å². The van der Waals surface area contributed by atoms with Crippen molar-refractivity contribution in [1.29, 1.82) is 0 Å². The van der Waals surface area contributed by atoms with E-state index in [4.69, 9.17) is 4.74 Å². The molecule has 102 valence electrons. The molecule has 3 nitrogen and oxygen atoms in total. The lowest BCUT2D eigenvalue weighted by atomic mass is 10.2. The molecule has 1 aromatic rings.